The molecule has 3 heteroatoms. The van der Waals surface area contributed by atoms with E-state index in [1.807, 2.05) is 18.5 Å². The van der Waals surface area contributed by atoms with E-state index < -0.39 is 0 Å². The van der Waals surface area contributed by atoms with Crippen LogP contribution in [0.2, 0.25) is 0 Å². The van der Waals surface area contributed by atoms with Crippen LogP contribution in [0.4, 0.5) is 0 Å². The van der Waals surface area contributed by atoms with Crippen molar-refractivity contribution in [3.63, 3.8) is 0 Å². The molecule has 1 rings (SSSR count). The first-order valence-electron chi connectivity index (χ1n) is 6.34. The maximum Gasteiger partial charge on any atom is 0.0335 e. The van der Waals surface area contributed by atoms with E-state index in [0.29, 0.717) is 12.6 Å². The van der Waals surface area contributed by atoms with Crippen molar-refractivity contribution in [2.24, 2.45) is 11.1 Å². The van der Waals surface area contributed by atoms with Crippen molar-refractivity contribution in [2.45, 2.75) is 33.7 Å². The summed E-state index contributed by atoms with van der Waals surface area (Å²) in [7, 11) is 0. The Bertz CT molecular complexity index is 321. The van der Waals surface area contributed by atoms with Gasteiger partial charge in [0.25, 0.3) is 0 Å². The Morgan fingerprint density at radius 2 is 2.18 bits per heavy atom. The zero-order chi connectivity index (χ0) is 12.9. The van der Waals surface area contributed by atoms with E-state index in [1.54, 1.807) is 0 Å². The highest BCUT2D eigenvalue weighted by Crippen LogP contribution is 2.24. The van der Waals surface area contributed by atoms with Crippen LogP contribution < -0.4 is 5.73 Å². The average molecular weight is 235 g/mol. The monoisotopic (exact) mass is 235 g/mol. The topological polar surface area (TPSA) is 42.1 Å². The van der Waals surface area contributed by atoms with Gasteiger partial charge in [-0.05, 0) is 37.1 Å². The number of aromatic nitrogens is 1. The highest BCUT2D eigenvalue weighted by Gasteiger charge is 2.23. The van der Waals surface area contributed by atoms with E-state index in [-0.39, 0.29) is 5.41 Å². The largest absolute Gasteiger partial charge is 0.330 e. The lowest BCUT2D eigenvalue weighted by atomic mass is 9.92. The Kier molecular flexibility index (Phi) is 5.09. The summed E-state index contributed by atoms with van der Waals surface area (Å²) in [6.07, 6.45) is 3.76. The van der Waals surface area contributed by atoms with Gasteiger partial charge in [-0.3, -0.25) is 9.88 Å². The summed E-state index contributed by atoms with van der Waals surface area (Å²) in [5.41, 5.74) is 7.23. The quantitative estimate of drug-likeness (QED) is 0.823. The highest BCUT2D eigenvalue weighted by atomic mass is 15.2. The van der Waals surface area contributed by atoms with E-state index in [0.717, 1.165) is 13.1 Å². The van der Waals surface area contributed by atoms with Crippen LogP contribution in [0, 0.1) is 5.41 Å². The van der Waals surface area contributed by atoms with Gasteiger partial charge in [0.2, 0.25) is 0 Å². The van der Waals surface area contributed by atoms with Crippen molar-refractivity contribution in [2.75, 3.05) is 19.6 Å². The average Bonchev–Trinajstić information content (AvgIpc) is 2.36. The van der Waals surface area contributed by atoms with Crippen LogP contribution in [-0.4, -0.2) is 29.5 Å². The van der Waals surface area contributed by atoms with Crippen LogP contribution in [0.3, 0.4) is 0 Å². The summed E-state index contributed by atoms with van der Waals surface area (Å²) in [6.45, 7) is 11.6. The van der Waals surface area contributed by atoms with Gasteiger partial charge in [0.05, 0.1) is 0 Å². The molecule has 1 unspecified atom stereocenters. The maximum atomic E-state index is 5.81. The number of rotatable bonds is 6. The third kappa shape index (κ3) is 4.10. The third-order valence-electron chi connectivity index (χ3n) is 3.30. The fourth-order valence-corrected chi connectivity index (χ4v) is 1.97. The molecule has 1 atom stereocenters. The molecule has 3 nitrogen and oxygen atoms in total. The molecule has 1 heterocycles. The van der Waals surface area contributed by atoms with E-state index in [2.05, 4.69) is 43.6 Å². The number of hydrogen-bond acceptors (Lipinski definition) is 3. The van der Waals surface area contributed by atoms with Crippen LogP contribution in [-0.2, 0) is 0 Å². The molecule has 17 heavy (non-hydrogen) atoms. The molecular weight excluding hydrogens is 210 g/mol. The highest BCUT2D eigenvalue weighted by molar-refractivity contribution is 5.13. The molecule has 0 bridgehead atoms. The van der Waals surface area contributed by atoms with Crippen LogP contribution in [0.25, 0.3) is 0 Å². The first-order valence-corrected chi connectivity index (χ1v) is 6.34. The number of nitrogens with two attached hydrogens (primary N) is 1. The molecule has 0 aromatic carbocycles. The Hall–Kier alpha value is -0.930. The lowest BCUT2D eigenvalue weighted by Crippen LogP contribution is -2.40. The minimum absolute atomic E-state index is 0.159. The molecule has 96 valence electrons. The molecule has 0 aliphatic carbocycles. The lowest BCUT2D eigenvalue weighted by Gasteiger charge is -2.35. The van der Waals surface area contributed by atoms with Gasteiger partial charge >= 0.3 is 0 Å². The van der Waals surface area contributed by atoms with Crippen molar-refractivity contribution in [1.82, 2.24) is 9.88 Å². The summed E-state index contributed by atoms with van der Waals surface area (Å²) in [5, 5.41) is 0. The molecule has 0 radical (unpaired) electrons. The Morgan fingerprint density at radius 3 is 2.65 bits per heavy atom. The Morgan fingerprint density at radius 1 is 1.47 bits per heavy atom. The summed E-state index contributed by atoms with van der Waals surface area (Å²) >= 11 is 0. The van der Waals surface area contributed by atoms with Gasteiger partial charge in [-0.15, -0.1) is 0 Å². The molecule has 0 aliphatic rings. The second-order valence-electron chi connectivity index (χ2n) is 5.39. The van der Waals surface area contributed by atoms with Crippen LogP contribution in [0.5, 0.6) is 0 Å². The van der Waals surface area contributed by atoms with Gasteiger partial charge in [0.1, 0.15) is 0 Å². The first kappa shape index (κ1) is 14.1. The van der Waals surface area contributed by atoms with E-state index in [4.69, 9.17) is 5.73 Å². The summed E-state index contributed by atoms with van der Waals surface area (Å²) in [6, 6.07) is 4.52. The predicted molar refractivity (Wildman–Crippen MR) is 72.7 cm³/mol. The number of hydrogen-bond donors (Lipinski definition) is 1. The van der Waals surface area contributed by atoms with Gasteiger partial charge in [0.15, 0.2) is 0 Å². The van der Waals surface area contributed by atoms with Crippen molar-refractivity contribution >= 4 is 0 Å². The van der Waals surface area contributed by atoms with Gasteiger partial charge in [-0.25, -0.2) is 0 Å². The second kappa shape index (κ2) is 6.12. The van der Waals surface area contributed by atoms with Crippen molar-refractivity contribution in [1.29, 1.82) is 0 Å². The molecule has 1 aromatic heterocycles. The summed E-state index contributed by atoms with van der Waals surface area (Å²) in [5.74, 6) is 0. The fraction of sp³-hybridized carbons (Fsp3) is 0.643. The van der Waals surface area contributed by atoms with E-state index in [1.165, 1.54) is 5.56 Å². The predicted octanol–water partition coefficient (Wildman–Crippen LogP) is 2.45. The van der Waals surface area contributed by atoms with E-state index in [9.17, 15) is 0 Å². The van der Waals surface area contributed by atoms with Gasteiger partial charge in [0, 0.05) is 25.0 Å². The van der Waals surface area contributed by atoms with Crippen molar-refractivity contribution < 1.29 is 0 Å². The Labute approximate surface area is 105 Å². The van der Waals surface area contributed by atoms with Crippen LogP contribution in [0.15, 0.2) is 24.5 Å². The summed E-state index contributed by atoms with van der Waals surface area (Å²) < 4.78 is 0. The van der Waals surface area contributed by atoms with Crippen LogP contribution in [0.1, 0.15) is 39.3 Å². The number of nitrogens with zero attached hydrogens (tertiary/aromatic N) is 2. The Balaban J connectivity index is 2.74. The van der Waals surface area contributed by atoms with Crippen molar-refractivity contribution in [3.8, 4) is 0 Å². The smallest absolute Gasteiger partial charge is 0.0335 e. The lowest BCUT2D eigenvalue weighted by molar-refractivity contribution is 0.147. The second-order valence-corrected chi connectivity index (χ2v) is 5.39. The zero-order valence-corrected chi connectivity index (χ0v) is 11.5. The normalized spacial score (nSPS) is 14.0. The van der Waals surface area contributed by atoms with Gasteiger partial charge < -0.3 is 5.73 Å². The summed E-state index contributed by atoms with van der Waals surface area (Å²) in [4.78, 5) is 6.64. The minimum atomic E-state index is 0.159. The van der Waals surface area contributed by atoms with Crippen molar-refractivity contribution in [3.05, 3.63) is 30.1 Å². The zero-order valence-electron chi connectivity index (χ0n) is 11.5. The van der Waals surface area contributed by atoms with Crippen LogP contribution >= 0.6 is 0 Å². The molecule has 0 saturated heterocycles. The molecule has 2 N–H and O–H groups in total. The molecule has 0 fully saturated rings. The molecular formula is C14H25N3. The molecule has 1 aromatic rings. The minimum Gasteiger partial charge on any atom is -0.330 e. The van der Waals surface area contributed by atoms with E-state index >= 15 is 0 Å². The number of pyridine rings is 1. The molecule has 0 spiro atoms. The maximum absolute atomic E-state index is 5.81. The fourth-order valence-electron chi connectivity index (χ4n) is 1.97. The molecule has 0 amide bonds. The van der Waals surface area contributed by atoms with Gasteiger partial charge in [-0.2, -0.15) is 0 Å². The van der Waals surface area contributed by atoms with Gasteiger partial charge in [-0.1, -0.05) is 26.8 Å². The SMILES string of the molecule is CCN(CC(C)(C)CN)C(C)c1cccnc1. The standard InChI is InChI=1S/C14H25N3/c1-5-17(11-14(3,4)10-15)12(2)13-7-6-8-16-9-13/h6-9,12H,5,10-11,15H2,1-4H3. The molecule has 0 saturated carbocycles. The first-order chi connectivity index (χ1) is 8.00. The molecule has 0 aliphatic heterocycles. The third-order valence-corrected chi connectivity index (χ3v) is 3.30.